The number of carbonyl (C=O) groups excluding carboxylic acids is 1. The van der Waals surface area contributed by atoms with Crippen LogP contribution in [-0.2, 0) is 18.3 Å². The van der Waals surface area contributed by atoms with Crippen molar-refractivity contribution in [3.8, 4) is 0 Å². The maximum absolute atomic E-state index is 11.2. The molecule has 0 aliphatic carbocycles. The average Bonchev–Trinajstić information content (AvgIpc) is 1.56. The molecule has 4 nitrogen and oxygen atoms in total. The summed E-state index contributed by atoms with van der Waals surface area (Å²) in [6.45, 7) is 0. The summed E-state index contributed by atoms with van der Waals surface area (Å²) in [5.41, 5.74) is 0. The first-order valence-electron chi connectivity index (χ1n) is 1.88. The van der Waals surface area contributed by atoms with Gasteiger partial charge in [0.1, 0.15) is 0 Å². The van der Waals surface area contributed by atoms with E-state index in [1.807, 2.05) is 0 Å². The van der Waals surface area contributed by atoms with Gasteiger partial charge in [-0.2, -0.15) is 21.6 Å². The molecule has 0 spiro atoms. The zero-order chi connectivity index (χ0) is 9.28. The van der Waals surface area contributed by atoms with Crippen LogP contribution in [0.5, 0.6) is 0 Å². The van der Waals surface area contributed by atoms with Gasteiger partial charge < -0.3 is 4.18 Å². The van der Waals surface area contributed by atoms with Crippen molar-refractivity contribution < 1.29 is 30.6 Å². The Morgan fingerprint density at radius 2 is 1.73 bits per heavy atom. The van der Waals surface area contributed by atoms with E-state index in [0.717, 1.165) is 0 Å². The lowest BCUT2D eigenvalue weighted by Crippen LogP contribution is -2.26. The van der Waals surface area contributed by atoms with Gasteiger partial charge in [-0.1, -0.05) is 0 Å². The van der Waals surface area contributed by atoms with Crippen LogP contribution in [0.3, 0.4) is 0 Å². The van der Waals surface area contributed by atoms with Crippen LogP contribution in [0, 0.1) is 0 Å². The van der Waals surface area contributed by atoms with Crippen molar-refractivity contribution in [1.29, 1.82) is 0 Å². The molecule has 11 heavy (non-hydrogen) atoms. The topological polar surface area (TPSA) is 60.4 Å². The molecule has 0 saturated heterocycles. The highest BCUT2D eigenvalue weighted by molar-refractivity contribution is 8.10. The molecule has 0 heterocycles. The van der Waals surface area contributed by atoms with Gasteiger partial charge in [-0.3, -0.25) is 0 Å². The van der Waals surface area contributed by atoms with E-state index in [0.29, 0.717) is 0 Å². The van der Waals surface area contributed by atoms with Gasteiger partial charge in [-0.25, -0.2) is 4.79 Å². The highest BCUT2D eigenvalue weighted by Gasteiger charge is 2.43. The Hall–Kier alpha value is -0.500. The summed E-state index contributed by atoms with van der Waals surface area (Å²) in [6, 6.07) is 0. The SMILES string of the molecule is O=C(OS(=O)(=O)Cl)C(F)(F)F. The quantitative estimate of drug-likeness (QED) is 0.597. The molecular weight excluding hydrogens is 213 g/mol. The normalized spacial score (nSPS) is 12.7. The van der Waals surface area contributed by atoms with Crippen LogP contribution in [-0.4, -0.2) is 20.6 Å². The zero-order valence-electron chi connectivity index (χ0n) is 4.55. The molecule has 66 valence electrons. The fourth-order valence-corrected chi connectivity index (χ4v) is 0.585. The third kappa shape index (κ3) is 4.85. The van der Waals surface area contributed by atoms with E-state index < -0.39 is 21.5 Å². The number of halogens is 4. The Kier molecular flexibility index (Phi) is 2.73. The first-order valence-corrected chi connectivity index (χ1v) is 4.11. The minimum absolute atomic E-state index is 2.78. The van der Waals surface area contributed by atoms with E-state index in [9.17, 15) is 26.4 Å². The van der Waals surface area contributed by atoms with Crippen molar-refractivity contribution >= 4 is 26.0 Å². The minimum Gasteiger partial charge on any atom is -0.326 e. The van der Waals surface area contributed by atoms with Crippen LogP contribution in [0.4, 0.5) is 13.2 Å². The molecule has 0 rings (SSSR count). The third-order valence-corrected chi connectivity index (χ3v) is 0.946. The standard InChI is InChI=1S/C2ClF3O4S/c3-11(8,9)10-1(7)2(4,5)6. The first kappa shape index (κ1) is 10.5. The zero-order valence-corrected chi connectivity index (χ0v) is 6.13. The number of hydrogen-bond donors (Lipinski definition) is 0. The Balaban J connectivity index is 4.35. The molecule has 0 aliphatic rings. The maximum atomic E-state index is 11.2. The first-order chi connectivity index (χ1) is 4.63. The molecule has 0 aliphatic heterocycles. The molecule has 0 N–H and O–H groups in total. The van der Waals surface area contributed by atoms with E-state index in [-0.39, 0.29) is 0 Å². The maximum Gasteiger partial charge on any atom is 0.492 e. The molecule has 0 aromatic rings. The van der Waals surface area contributed by atoms with Gasteiger partial charge in [0.05, 0.1) is 10.7 Å². The second-order valence-corrected chi connectivity index (χ2v) is 3.35. The van der Waals surface area contributed by atoms with Gasteiger partial charge in [-0.15, -0.1) is 0 Å². The van der Waals surface area contributed by atoms with Crippen molar-refractivity contribution in [3.05, 3.63) is 0 Å². The van der Waals surface area contributed by atoms with E-state index >= 15 is 0 Å². The predicted molar refractivity (Wildman–Crippen MR) is 26.9 cm³/mol. The molecule has 0 aromatic heterocycles. The number of rotatable bonds is 1. The van der Waals surface area contributed by atoms with Crippen molar-refractivity contribution in [2.45, 2.75) is 6.18 Å². The number of carbonyl (C=O) groups is 1. The average molecular weight is 213 g/mol. The molecule has 0 aromatic carbocycles. The van der Waals surface area contributed by atoms with E-state index in [2.05, 4.69) is 14.9 Å². The molecular formula is C2ClF3O4S. The summed E-state index contributed by atoms with van der Waals surface area (Å²) in [7, 11) is -0.741. The summed E-state index contributed by atoms with van der Waals surface area (Å²) in [5, 5.41) is 0. The van der Waals surface area contributed by atoms with E-state index in [1.54, 1.807) is 0 Å². The van der Waals surface area contributed by atoms with Gasteiger partial charge in [0, 0.05) is 0 Å². The second kappa shape index (κ2) is 2.86. The molecule has 0 bridgehead atoms. The van der Waals surface area contributed by atoms with Crippen LogP contribution in [0.15, 0.2) is 0 Å². The molecule has 0 amide bonds. The highest BCUT2D eigenvalue weighted by atomic mass is 35.7. The van der Waals surface area contributed by atoms with Crippen molar-refractivity contribution in [1.82, 2.24) is 0 Å². The van der Waals surface area contributed by atoms with Crippen molar-refractivity contribution in [3.63, 3.8) is 0 Å². The lowest BCUT2D eigenvalue weighted by atomic mass is 10.7. The van der Waals surface area contributed by atoms with Crippen molar-refractivity contribution in [2.75, 3.05) is 0 Å². The van der Waals surface area contributed by atoms with Crippen LogP contribution in [0.1, 0.15) is 0 Å². The predicted octanol–water partition coefficient (Wildman–Crippen LogP) is 0.576. The number of alkyl halides is 3. The van der Waals surface area contributed by atoms with E-state index in [1.165, 1.54) is 0 Å². The fourth-order valence-electron chi connectivity index (χ4n) is 0.138. The second-order valence-electron chi connectivity index (χ2n) is 1.26. The number of hydrogen-bond acceptors (Lipinski definition) is 4. The smallest absolute Gasteiger partial charge is 0.326 e. The summed E-state index contributed by atoms with van der Waals surface area (Å²) in [5.74, 6) is -2.87. The van der Waals surface area contributed by atoms with Gasteiger partial charge in [0.25, 0.3) is 0 Å². The third-order valence-electron chi connectivity index (χ3n) is 0.407. The Morgan fingerprint density at radius 3 is 1.82 bits per heavy atom. The molecule has 0 fully saturated rings. The molecule has 9 heteroatoms. The Morgan fingerprint density at radius 1 is 1.36 bits per heavy atom. The molecule has 0 radical (unpaired) electrons. The summed E-state index contributed by atoms with van der Waals surface area (Å²) in [4.78, 5) is 9.67. The van der Waals surface area contributed by atoms with Crippen LogP contribution in [0.25, 0.3) is 0 Å². The lowest BCUT2D eigenvalue weighted by Gasteiger charge is -2.01. The van der Waals surface area contributed by atoms with Gasteiger partial charge in [-0.05, 0) is 0 Å². The fraction of sp³-hybridized carbons (Fsp3) is 0.500. The summed E-state index contributed by atoms with van der Waals surface area (Å²) >= 11 is 0. The van der Waals surface area contributed by atoms with Gasteiger partial charge in [0.15, 0.2) is 0 Å². The van der Waals surface area contributed by atoms with Gasteiger partial charge >= 0.3 is 21.5 Å². The summed E-state index contributed by atoms with van der Waals surface area (Å²) in [6.07, 6.45) is -5.36. The molecule has 0 atom stereocenters. The van der Waals surface area contributed by atoms with Crippen LogP contribution < -0.4 is 0 Å². The molecule has 0 unspecified atom stereocenters. The largest absolute Gasteiger partial charge is 0.492 e. The highest BCUT2D eigenvalue weighted by Crippen LogP contribution is 2.18. The summed E-state index contributed by atoms with van der Waals surface area (Å²) < 4.78 is 55.7. The molecule has 0 saturated carbocycles. The Bertz CT molecular complexity index is 253. The van der Waals surface area contributed by atoms with Crippen LogP contribution in [0.2, 0.25) is 0 Å². The van der Waals surface area contributed by atoms with E-state index in [4.69, 9.17) is 0 Å². The van der Waals surface area contributed by atoms with Crippen LogP contribution >= 0.6 is 10.7 Å². The lowest BCUT2D eigenvalue weighted by molar-refractivity contribution is -0.188. The minimum atomic E-state index is -5.36. The van der Waals surface area contributed by atoms with Crippen molar-refractivity contribution in [2.24, 2.45) is 0 Å². The van der Waals surface area contributed by atoms with Gasteiger partial charge in [0.2, 0.25) is 0 Å². The Labute approximate surface area is 63.5 Å². The monoisotopic (exact) mass is 212 g/mol.